The van der Waals surface area contributed by atoms with Crippen molar-refractivity contribution in [3.8, 4) is 44.5 Å². The van der Waals surface area contributed by atoms with Crippen LogP contribution in [0.3, 0.4) is 0 Å². The average Bonchev–Trinajstić information content (AvgIpc) is 3.60. The van der Waals surface area contributed by atoms with Crippen LogP contribution in [0, 0.1) is 41.5 Å². The molecule has 0 saturated heterocycles. The number of aryl methyl sites for hydroxylation is 6. The molecule has 1 nitrogen and oxygen atoms in total. The second kappa shape index (κ2) is 17.6. The zero-order chi connectivity index (χ0) is 41.8. The van der Waals surface area contributed by atoms with E-state index in [9.17, 15) is 0 Å². The van der Waals surface area contributed by atoms with Crippen molar-refractivity contribution in [1.29, 1.82) is 0 Å². The molecule has 0 aliphatic heterocycles. The molecule has 8 aromatic carbocycles. The normalized spacial score (nSPS) is 10.9. The topological polar surface area (TPSA) is 3.24 Å². The predicted molar refractivity (Wildman–Crippen MR) is 263 cm³/mol. The highest BCUT2D eigenvalue weighted by Crippen LogP contribution is 2.41. The molecule has 2 heteroatoms. The third-order valence-electron chi connectivity index (χ3n) is 11.3. The first-order valence-corrected chi connectivity index (χ1v) is 21.5. The zero-order valence-electron chi connectivity index (χ0n) is 35.5. The Bertz CT molecular complexity index is 2860. The molecule has 9 rings (SSSR count). The van der Waals surface area contributed by atoms with Crippen LogP contribution < -0.4 is 4.90 Å². The number of thiophene rings is 1. The molecule has 1 aromatic heterocycles. The van der Waals surface area contributed by atoms with Crippen molar-refractivity contribution in [3.05, 3.63) is 227 Å². The van der Waals surface area contributed by atoms with Gasteiger partial charge in [-0.05, 0) is 145 Å². The summed E-state index contributed by atoms with van der Waals surface area (Å²) in [5.74, 6) is 0. The van der Waals surface area contributed by atoms with Crippen LogP contribution in [-0.4, -0.2) is 0 Å². The van der Waals surface area contributed by atoms with Crippen LogP contribution in [0.4, 0.5) is 17.1 Å². The summed E-state index contributed by atoms with van der Waals surface area (Å²) in [6.07, 6.45) is 1.98. The number of fused-ring (bicyclic) bond motifs is 1. The van der Waals surface area contributed by atoms with Gasteiger partial charge in [0.25, 0.3) is 0 Å². The van der Waals surface area contributed by atoms with Gasteiger partial charge >= 0.3 is 0 Å². The zero-order valence-corrected chi connectivity index (χ0v) is 36.3. The summed E-state index contributed by atoms with van der Waals surface area (Å²) in [5.41, 5.74) is 21.1. The van der Waals surface area contributed by atoms with Gasteiger partial charge in [-0.3, -0.25) is 0 Å². The van der Waals surface area contributed by atoms with Crippen molar-refractivity contribution in [2.75, 3.05) is 4.90 Å². The molecule has 9 aromatic rings. The minimum atomic E-state index is 1.11. The molecular weight excluding hydrogens is 743 g/mol. The summed E-state index contributed by atoms with van der Waals surface area (Å²) in [4.78, 5) is 3.65. The minimum Gasteiger partial charge on any atom is -0.311 e. The number of benzene rings is 8. The van der Waals surface area contributed by atoms with Gasteiger partial charge in [-0.15, -0.1) is 11.3 Å². The van der Waals surface area contributed by atoms with Gasteiger partial charge in [-0.25, -0.2) is 0 Å². The van der Waals surface area contributed by atoms with E-state index in [-0.39, 0.29) is 0 Å². The lowest BCUT2D eigenvalue weighted by molar-refractivity contribution is 1.28. The second-order valence-corrected chi connectivity index (χ2v) is 17.0. The maximum Gasteiger partial charge on any atom is 0.0462 e. The Morgan fingerprint density at radius 3 is 1.43 bits per heavy atom. The smallest absolute Gasteiger partial charge is 0.0462 e. The Balaban J connectivity index is 0.000000493. The monoisotopic (exact) mass is 793 g/mol. The minimum absolute atomic E-state index is 1.11. The Morgan fingerprint density at radius 1 is 0.400 bits per heavy atom. The van der Waals surface area contributed by atoms with Crippen molar-refractivity contribution in [2.45, 2.75) is 41.5 Å². The number of hydrogen-bond donors (Lipinski definition) is 0. The average molecular weight is 794 g/mol. The third kappa shape index (κ3) is 8.52. The van der Waals surface area contributed by atoms with E-state index < -0.39 is 0 Å². The molecule has 0 amide bonds. The molecule has 1 heterocycles. The van der Waals surface area contributed by atoms with E-state index >= 15 is 0 Å². The first-order valence-electron chi connectivity index (χ1n) is 20.7. The summed E-state index contributed by atoms with van der Waals surface area (Å²) in [6.45, 7) is 17.0. The Labute approximate surface area is 360 Å². The summed E-state index contributed by atoms with van der Waals surface area (Å²) >= 11 is 1.85. The lowest BCUT2D eigenvalue weighted by Gasteiger charge is -2.26. The molecule has 0 bridgehead atoms. The Kier molecular flexibility index (Phi) is 11.8. The highest BCUT2D eigenvalue weighted by atomic mass is 32.1. The Hall–Kier alpha value is -6.74. The molecule has 0 unspecified atom stereocenters. The molecule has 60 heavy (non-hydrogen) atoms. The first kappa shape index (κ1) is 40.1. The summed E-state index contributed by atoms with van der Waals surface area (Å²) in [6, 6.07) is 66.0. The summed E-state index contributed by atoms with van der Waals surface area (Å²) in [7, 11) is 0. The van der Waals surface area contributed by atoms with Gasteiger partial charge in [0.05, 0.1) is 0 Å². The van der Waals surface area contributed by atoms with Gasteiger partial charge in [0.2, 0.25) is 0 Å². The fraction of sp³-hybridized carbons (Fsp3) is 0.103. The maximum atomic E-state index is 4.07. The van der Waals surface area contributed by atoms with E-state index in [1.165, 1.54) is 92.9 Å². The van der Waals surface area contributed by atoms with Crippen molar-refractivity contribution in [1.82, 2.24) is 0 Å². The van der Waals surface area contributed by atoms with Crippen LogP contribution in [-0.2, 0) is 0 Å². The van der Waals surface area contributed by atoms with Crippen molar-refractivity contribution in [2.24, 2.45) is 0 Å². The van der Waals surface area contributed by atoms with Crippen LogP contribution in [0.25, 0.3) is 60.7 Å². The lowest BCUT2D eigenvalue weighted by atomic mass is 9.93. The molecule has 294 valence electrons. The van der Waals surface area contributed by atoms with Crippen LogP contribution in [0.2, 0.25) is 0 Å². The number of nitrogens with zero attached hydrogens (tertiary/aromatic N) is 1. The van der Waals surface area contributed by atoms with Crippen LogP contribution in [0.5, 0.6) is 0 Å². The predicted octanol–water partition coefficient (Wildman–Crippen LogP) is 17.2. The van der Waals surface area contributed by atoms with E-state index in [2.05, 4.69) is 235 Å². The third-order valence-corrected chi connectivity index (χ3v) is 12.5. The van der Waals surface area contributed by atoms with Crippen molar-refractivity contribution in [3.63, 3.8) is 0 Å². The number of anilines is 3. The molecule has 0 saturated carbocycles. The highest BCUT2D eigenvalue weighted by Gasteiger charge is 2.16. The quantitative estimate of drug-likeness (QED) is 0.148. The van der Waals surface area contributed by atoms with E-state index in [0.29, 0.717) is 0 Å². The highest BCUT2D eigenvalue weighted by molar-refractivity contribution is 7.20. The van der Waals surface area contributed by atoms with Crippen LogP contribution >= 0.6 is 11.3 Å². The van der Waals surface area contributed by atoms with E-state index in [0.717, 1.165) is 17.1 Å². The molecule has 0 atom stereocenters. The van der Waals surface area contributed by atoms with Crippen molar-refractivity contribution >= 4 is 44.6 Å². The SMILES string of the molecule is C=Cc1c(C)sc2c(-c3ccc(N(c4ccc(-c5ccccc5)cc4)c4ccc(-c5ccc(C)c(-c6ccccc6C)c5)cc4)cc3)cccc12.Cc1cc(C)cc(C)c1. The molecule has 0 N–H and O–H groups in total. The van der Waals surface area contributed by atoms with Crippen molar-refractivity contribution < 1.29 is 0 Å². The molecule has 0 fully saturated rings. The molecule has 0 radical (unpaired) electrons. The van der Waals surface area contributed by atoms with Gasteiger partial charge in [-0.2, -0.15) is 0 Å². The maximum absolute atomic E-state index is 4.07. The van der Waals surface area contributed by atoms with Gasteiger partial charge in [0.15, 0.2) is 0 Å². The standard InChI is InChI=1S/C49H39NS.C9H12/c1-5-44-35(4)51-49-46(16-11-17-47(44)49)39-24-30-43(31-25-39)50(41-26-20-37(21-27-41)36-13-7-6-8-14-36)42-28-22-38(23-29-42)40-19-18-34(3)48(32-40)45-15-10-9-12-33(45)2;1-7-4-8(2)6-9(3)5-7/h5-32H,1H2,2-4H3;4-6H,1-3H3. The van der Waals surface area contributed by atoms with Gasteiger partial charge in [0.1, 0.15) is 0 Å². The fourth-order valence-electron chi connectivity index (χ4n) is 8.38. The van der Waals surface area contributed by atoms with E-state index in [1.807, 2.05) is 17.4 Å². The largest absolute Gasteiger partial charge is 0.311 e. The molecule has 0 aliphatic rings. The fourth-order valence-corrected chi connectivity index (χ4v) is 9.57. The second-order valence-electron chi connectivity index (χ2n) is 15.8. The van der Waals surface area contributed by atoms with Crippen LogP contribution in [0.1, 0.15) is 38.3 Å². The summed E-state index contributed by atoms with van der Waals surface area (Å²) in [5, 5.41) is 1.27. The molecule has 0 aliphatic carbocycles. The van der Waals surface area contributed by atoms with Gasteiger partial charge < -0.3 is 4.90 Å². The molecular formula is C58H51NS. The number of rotatable bonds is 8. The first-order chi connectivity index (χ1) is 29.2. The Morgan fingerprint density at radius 2 is 0.867 bits per heavy atom. The lowest BCUT2D eigenvalue weighted by Crippen LogP contribution is -2.09. The molecule has 0 spiro atoms. The number of hydrogen-bond acceptors (Lipinski definition) is 2. The summed E-state index contributed by atoms with van der Waals surface area (Å²) < 4.78 is 1.31. The van der Waals surface area contributed by atoms with Crippen LogP contribution in [0.15, 0.2) is 189 Å². The van der Waals surface area contributed by atoms with E-state index in [1.54, 1.807) is 0 Å². The van der Waals surface area contributed by atoms with Gasteiger partial charge in [0, 0.05) is 32.0 Å². The van der Waals surface area contributed by atoms with E-state index in [4.69, 9.17) is 0 Å². The van der Waals surface area contributed by atoms with Gasteiger partial charge in [-0.1, -0.05) is 169 Å².